The van der Waals surface area contributed by atoms with Gasteiger partial charge in [0.15, 0.2) is 9.84 Å². The van der Waals surface area contributed by atoms with Crippen molar-refractivity contribution < 1.29 is 35.2 Å². The lowest BCUT2D eigenvalue weighted by molar-refractivity contribution is -0.138. The predicted molar refractivity (Wildman–Crippen MR) is 104 cm³/mol. The largest absolute Gasteiger partial charge is 0.420 e. The molecule has 0 saturated heterocycles. The average molecular weight is 480 g/mol. The van der Waals surface area contributed by atoms with Gasteiger partial charge in [-0.3, -0.25) is 14.5 Å². The molecule has 1 aliphatic carbocycles. The maximum absolute atomic E-state index is 13.7. The minimum absolute atomic E-state index is 0.0919. The molecule has 0 aliphatic heterocycles. The highest BCUT2D eigenvalue weighted by Crippen LogP contribution is 2.39. The highest BCUT2D eigenvalue weighted by molar-refractivity contribution is 7.90. The molecule has 0 aromatic carbocycles. The first-order valence-corrected chi connectivity index (χ1v) is 11.6. The van der Waals surface area contributed by atoms with Gasteiger partial charge in [0.1, 0.15) is 11.3 Å². The Morgan fingerprint density at radius 3 is 2.44 bits per heavy atom. The van der Waals surface area contributed by atoms with Crippen LogP contribution in [0.5, 0.6) is 0 Å². The molecule has 1 fully saturated rings. The molecule has 1 saturated carbocycles. The molecule has 13 heteroatoms. The van der Waals surface area contributed by atoms with Crippen LogP contribution in [0, 0.1) is 12.8 Å². The number of alkyl halides is 5. The summed E-state index contributed by atoms with van der Waals surface area (Å²) in [4.78, 5) is 16.3. The first kappa shape index (κ1) is 24.1. The fourth-order valence-electron chi connectivity index (χ4n) is 3.69. The summed E-state index contributed by atoms with van der Waals surface area (Å²) in [5, 5.41) is 6.10. The zero-order chi connectivity index (χ0) is 23.9. The number of carbonyl (C=O) groups is 1. The third-order valence-electron chi connectivity index (χ3n) is 5.29. The number of amides is 1. The van der Waals surface area contributed by atoms with Crippen molar-refractivity contribution in [2.24, 2.45) is 5.92 Å². The molecule has 0 unspecified atom stereocenters. The van der Waals surface area contributed by atoms with Crippen molar-refractivity contribution in [1.82, 2.24) is 14.8 Å². The third kappa shape index (κ3) is 5.43. The maximum Gasteiger partial charge on any atom is 0.420 e. The van der Waals surface area contributed by atoms with E-state index in [0.717, 1.165) is 36.3 Å². The van der Waals surface area contributed by atoms with Gasteiger partial charge in [0.05, 0.1) is 22.5 Å². The molecular weight excluding hydrogens is 459 g/mol. The van der Waals surface area contributed by atoms with E-state index >= 15 is 0 Å². The molecule has 32 heavy (non-hydrogen) atoms. The molecule has 3 rings (SSSR count). The van der Waals surface area contributed by atoms with Crippen LogP contribution < -0.4 is 5.32 Å². The van der Waals surface area contributed by atoms with Gasteiger partial charge in [0, 0.05) is 31.8 Å². The Kier molecular flexibility index (Phi) is 6.33. The number of aryl methyl sites for hydroxylation is 1. The van der Waals surface area contributed by atoms with Crippen molar-refractivity contribution in [2.45, 2.75) is 56.1 Å². The molecule has 0 radical (unpaired) electrons. The number of pyridine rings is 1. The van der Waals surface area contributed by atoms with Crippen LogP contribution in [0.15, 0.2) is 23.4 Å². The quantitative estimate of drug-likeness (QED) is 0.651. The number of carbonyl (C=O) groups excluding carboxylic acids is 1. The number of halogens is 5. The minimum atomic E-state index is -4.89. The van der Waals surface area contributed by atoms with E-state index in [1.807, 2.05) is 0 Å². The summed E-state index contributed by atoms with van der Waals surface area (Å²) in [6.07, 6.45) is -2.41. The second-order valence-corrected chi connectivity index (χ2v) is 9.94. The van der Waals surface area contributed by atoms with Gasteiger partial charge in [-0.1, -0.05) is 0 Å². The van der Waals surface area contributed by atoms with Crippen LogP contribution in [-0.2, 0) is 22.6 Å². The lowest BCUT2D eigenvalue weighted by Gasteiger charge is -2.28. The molecule has 176 valence electrons. The summed E-state index contributed by atoms with van der Waals surface area (Å²) < 4.78 is 92.2. The van der Waals surface area contributed by atoms with Crippen molar-refractivity contribution in [1.29, 1.82) is 0 Å². The zero-order valence-corrected chi connectivity index (χ0v) is 18.0. The first-order valence-electron chi connectivity index (χ1n) is 9.66. The molecule has 1 N–H and O–H groups in total. The summed E-state index contributed by atoms with van der Waals surface area (Å²) in [6.45, 7) is 0.980. The van der Waals surface area contributed by atoms with E-state index in [1.165, 1.54) is 0 Å². The Morgan fingerprint density at radius 1 is 1.25 bits per heavy atom. The minimum Gasteiger partial charge on any atom is -0.319 e. The van der Waals surface area contributed by atoms with Crippen LogP contribution in [0.1, 0.15) is 47.4 Å². The van der Waals surface area contributed by atoms with Crippen LogP contribution in [0.25, 0.3) is 0 Å². The second-order valence-electron chi connectivity index (χ2n) is 7.92. The molecule has 0 spiro atoms. The summed E-state index contributed by atoms with van der Waals surface area (Å²) in [6, 6.07) is 1.07. The number of nitrogens with zero attached hydrogens (tertiary/aromatic N) is 3. The van der Waals surface area contributed by atoms with E-state index in [1.54, 1.807) is 0 Å². The Balaban J connectivity index is 1.94. The van der Waals surface area contributed by atoms with E-state index in [0.29, 0.717) is 0 Å². The molecular formula is C19H21F5N4O3S. The van der Waals surface area contributed by atoms with E-state index in [2.05, 4.69) is 15.4 Å². The Hall–Kier alpha value is -2.57. The predicted octanol–water partition coefficient (Wildman–Crippen LogP) is 4.09. The van der Waals surface area contributed by atoms with Crippen LogP contribution in [-0.4, -0.2) is 41.3 Å². The molecule has 0 atom stereocenters. The Morgan fingerprint density at radius 2 is 1.88 bits per heavy atom. The monoisotopic (exact) mass is 480 g/mol. The second kappa shape index (κ2) is 8.41. The highest BCUT2D eigenvalue weighted by Gasteiger charge is 2.42. The van der Waals surface area contributed by atoms with Crippen LogP contribution in [0.3, 0.4) is 0 Å². The van der Waals surface area contributed by atoms with Gasteiger partial charge in [0.2, 0.25) is 5.92 Å². The molecule has 7 nitrogen and oxygen atoms in total. The van der Waals surface area contributed by atoms with Crippen molar-refractivity contribution in [3.05, 3.63) is 35.4 Å². The first-order chi connectivity index (χ1) is 14.7. The van der Waals surface area contributed by atoms with E-state index in [4.69, 9.17) is 0 Å². The lowest BCUT2D eigenvalue weighted by Crippen LogP contribution is -2.29. The van der Waals surface area contributed by atoms with Gasteiger partial charge >= 0.3 is 6.18 Å². The van der Waals surface area contributed by atoms with Crippen molar-refractivity contribution in [2.75, 3.05) is 11.6 Å². The summed E-state index contributed by atoms with van der Waals surface area (Å²) in [5.41, 5.74) is -2.54. The number of hydrogen-bond acceptors (Lipinski definition) is 5. The standard InChI is InChI=1S/C19H21F5N4O3S/c1-11-15(19(22,23)24)16(28(27-11)10-12-3-5-18(20,21)6-4-12)17(29)26-13-7-14(9-25-8-13)32(2,30)31/h7-9,12H,3-6,10H2,1-2H3,(H,26,29). The Labute approximate surface area is 180 Å². The zero-order valence-electron chi connectivity index (χ0n) is 17.2. The van der Waals surface area contributed by atoms with Crippen LogP contribution in [0.2, 0.25) is 0 Å². The van der Waals surface area contributed by atoms with E-state index in [9.17, 15) is 35.2 Å². The van der Waals surface area contributed by atoms with Crippen LogP contribution >= 0.6 is 0 Å². The number of rotatable bonds is 5. The van der Waals surface area contributed by atoms with Gasteiger partial charge < -0.3 is 5.32 Å². The molecule has 1 amide bonds. The van der Waals surface area contributed by atoms with Crippen molar-refractivity contribution in [3.8, 4) is 0 Å². The fourth-order valence-corrected chi connectivity index (χ4v) is 4.28. The van der Waals surface area contributed by atoms with Crippen molar-refractivity contribution in [3.63, 3.8) is 0 Å². The van der Waals surface area contributed by atoms with E-state index < -0.39 is 44.8 Å². The smallest absolute Gasteiger partial charge is 0.319 e. The number of aromatic nitrogens is 3. The molecule has 2 aromatic rings. The van der Waals surface area contributed by atoms with Gasteiger partial charge in [-0.25, -0.2) is 17.2 Å². The summed E-state index contributed by atoms with van der Waals surface area (Å²) in [5.74, 6) is -4.32. The van der Waals surface area contributed by atoms with Gasteiger partial charge in [-0.15, -0.1) is 0 Å². The van der Waals surface area contributed by atoms with Gasteiger partial charge in [-0.05, 0) is 31.7 Å². The molecule has 0 bridgehead atoms. The average Bonchev–Trinajstić information content (AvgIpc) is 2.99. The fraction of sp³-hybridized carbons (Fsp3) is 0.526. The normalized spacial score (nSPS) is 17.3. The third-order valence-corrected chi connectivity index (χ3v) is 6.37. The van der Waals surface area contributed by atoms with Crippen molar-refractivity contribution >= 4 is 21.4 Å². The SMILES string of the molecule is Cc1nn(CC2CCC(F)(F)CC2)c(C(=O)Nc2cncc(S(C)(=O)=O)c2)c1C(F)(F)F. The molecule has 2 aromatic heterocycles. The summed E-state index contributed by atoms with van der Waals surface area (Å²) in [7, 11) is -3.66. The number of nitrogens with one attached hydrogen (secondary N) is 1. The highest BCUT2D eigenvalue weighted by atomic mass is 32.2. The number of anilines is 1. The van der Waals surface area contributed by atoms with Crippen LogP contribution in [0.4, 0.5) is 27.6 Å². The maximum atomic E-state index is 13.7. The molecule has 2 heterocycles. The summed E-state index contributed by atoms with van der Waals surface area (Å²) >= 11 is 0. The van der Waals surface area contributed by atoms with Gasteiger partial charge in [0.25, 0.3) is 5.91 Å². The number of hydrogen-bond donors (Lipinski definition) is 1. The topological polar surface area (TPSA) is 93.9 Å². The Bertz CT molecular complexity index is 1120. The molecule has 1 aliphatic rings. The number of sulfone groups is 1. The lowest BCUT2D eigenvalue weighted by atomic mass is 9.87. The van der Waals surface area contributed by atoms with E-state index in [-0.39, 0.29) is 48.7 Å². The van der Waals surface area contributed by atoms with Gasteiger partial charge in [-0.2, -0.15) is 18.3 Å².